The SMILES string of the molecule is COc1ccc(-n2c(SCC(=O)NN=Cc3ccc(Cl)c(Cl)c3)nnc2-c2ccc(C)cc2)cc1. The average molecular weight is 526 g/mol. The molecule has 4 rings (SSSR count). The highest BCUT2D eigenvalue weighted by molar-refractivity contribution is 7.99. The number of rotatable bonds is 8. The Morgan fingerprint density at radius 1 is 1.06 bits per heavy atom. The summed E-state index contributed by atoms with van der Waals surface area (Å²) in [6.45, 7) is 2.03. The van der Waals surface area contributed by atoms with Gasteiger partial charge in [0.25, 0.3) is 5.91 Å². The van der Waals surface area contributed by atoms with Crippen molar-refractivity contribution >= 4 is 47.1 Å². The molecule has 3 aromatic carbocycles. The van der Waals surface area contributed by atoms with Gasteiger partial charge in [-0.2, -0.15) is 5.10 Å². The lowest BCUT2D eigenvalue weighted by Gasteiger charge is -2.11. The predicted molar refractivity (Wildman–Crippen MR) is 141 cm³/mol. The van der Waals surface area contributed by atoms with Crippen LogP contribution in [0.3, 0.4) is 0 Å². The fourth-order valence-electron chi connectivity index (χ4n) is 3.15. The normalized spacial score (nSPS) is 11.1. The number of hydrogen-bond donors (Lipinski definition) is 1. The molecule has 0 aliphatic heterocycles. The van der Waals surface area contributed by atoms with Crippen molar-refractivity contribution in [2.24, 2.45) is 5.10 Å². The zero-order valence-electron chi connectivity index (χ0n) is 18.9. The van der Waals surface area contributed by atoms with Crippen molar-refractivity contribution in [3.63, 3.8) is 0 Å². The Morgan fingerprint density at radius 2 is 1.80 bits per heavy atom. The summed E-state index contributed by atoms with van der Waals surface area (Å²) in [4.78, 5) is 12.4. The average Bonchev–Trinajstić information content (AvgIpc) is 3.29. The molecule has 35 heavy (non-hydrogen) atoms. The molecule has 0 bridgehead atoms. The van der Waals surface area contributed by atoms with Gasteiger partial charge in [-0.05, 0) is 48.9 Å². The number of nitrogens with one attached hydrogen (secondary N) is 1. The number of benzene rings is 3. The van der Waals surface area contributed by atoms with Crippen LogP contribution in [-0.4, -0.2) is 39.7 Å². The fraction of sp³-hybridized carbons (Fsp3) is 0.120. The molecule has 4 aromatic rings. The summed E-state index contributed by atoms with van der Waals surface area (Å²) >= 11 is 13.2. The number of methoxy groups -OCH3 is 1. The molecule has 0 radical (unpaired) electrons. The van der Waals surface area contributed by atoms with E-state index in [-0.39, 0.29) is 11.7 Å². The lowest BCUT2D eigenvalue weighted by Crippen LogP contribution is -2.20. The van der Waals surface area contributed by atoms with E-state index in [1.54, 1.807) is 25.3 Å². The molecule has 178 valence electrons. The molecule has 0 saturated heterocycles. The van der Waals surface area contributed by atoms with Crippen molar-refractivity contribution in [1.82, 2.24) is 20.2 Å². The second-order valence-electron chi connectivity index (χ2n) is 7.46. The van der Waals surface area contributed by atoms with E-state index in [1.165, 1.54) is 18.0 Å². The smallest absolute Gasteiger partial charge is 0.250 e. The Morgan fingerprint density at radius 3 is 2.49 bits per heavy atom. The molecule has 0 atom stereocenters. The molecular formula is C25H21Cl2N5O2S. The molecule has 0 aliphatic carbocycles. The van der Waals surface area contributed by atoms with Crippen LogP contribution in [-0.2, 0) is 4.79 Å². The summed E-state index contributed by atoms with van der Waals surface area (Å²) in [5.74, 6) is 1.23. The van der Waals surface area contributed by atoms with Crippen LogP contribution in [0.25, 0.3) is 17.1 Å². The summed E-state index contributed by atoms with van der Waals surface area (Å²) in [5, 5.41) is 14.2. The topological polar surface area (TPSA) is 81.4 Å². The van der Waals surface area contributed by atoms with Gasteiger partial charge >= 0.3 is 0 Å². The molecule has 0 aliphatic rings. The second-order valence-corrected chi connectivity index (χ2v) is 9.22. The molecule has 0 unspecified atom stereocenters. The summed E-state index contributed by atoms with van der Waals surface area (Å²) < 4.78 is 7.20. The van der Waals surface area contributed by atoms with Gasteiger partial charge in [0.15, 0.2) is 11.0 Å². The van der Waals surface area contributed by atoms with Gasteiger partial charge in [-0.25, -0.2) is 5.43 Å². The number of amides is 1. The van der Waals surface area contributed by atoms with Gasteiger partial charge in [0, 0.05) is 11.3 Å². The number of halogens is 2. The highest BCUT2D eigenvalue weighted by Crippen LogP contribution is 2.29. The van der Waals surface area contributed by atoms with E-state index in [0.717, 1.165) is 22.6 Å². The van der Waals surface area contributed by atoms with E-state index in [2.05, 4.69) is 20.7 Å². The maximum atomic E-state index is 12.4. The van der Waals surface area contributed by atoms with Crippen LogP contribution < -0.4 is 10.2 Å². The van der Waals surface area contributed by atoms with Gasteiger partial charge < -0.3 is 4.74 Å². The van der Waals surface area contributed by atoms with Crippen LogP contribution in [0.4, 0.5) is 0 Å². The van der Waals surface area contributed by atoms with E-state index in [1.807, 2.05) is 60.0 Å². The van der Waals surface area contributed by atoms with Crippen LogP contribution in [0.1, 0.15) is 11.1 Å². The minimum atomic E-state index is -0.285. The van der Waals surface area contributed by atoms with E-state index >= 15 is 0 Å². The predicted octanol–water partition coefficient (Wildman–Crippen LogP) is 5.80. The van der Waals surface area contributed by atoms with Crippen molar-refractivity contribution in [3.8, 4) is 22.8 Å². The number of thioether (sulfide) groups is 1. The Hall–Kier alpha value is -3.33. The number of carbonyl (C=O) groups excluding carboxylic acids is 1. The molecule has 0 saturated carbocycles. The van der Waals surface area contributed by atoms with E-state index in [9.17, 15) is 4.79 Å². The van der Waals surface area contributed by atoms with Gasteiger partial charge in [0.05, 0.1) is 29.1 Å². The van der Waals surface area contributed by atoms with Gasteiger partial charge in [0.2, 0.25) is 0 Å². The highest BCUT2D eigenvalue weighted by atomic mass is 35.5. The van der Waals surface area contributed by atoms with Gasteiger partial charge in [-0.3, -0.25) is 9.36 Å². The third-order valence-corrected chi connectivity index (χ3v) is 6.62. The van der Waals surface area contributed by atoms with E-state index in [0.29, 0.717) is 26.6 Å². The zero-order valence-corrected chi connectivity index (χ0v) is 21.2. The first-order valence-corrected chi connectivity index (χ1v) is 12.3. The number of aryl methyl sites for hydroxylation is 1. The van der Waals surface area contributed by atoms with Gasteiger partial charge in [0.1, 0.15) is 5.75 Å². The third-order valence-electron chi connectivity index (χ3n) is 4.95. The minimum absolute atomic E-state index is 0.0981. The second kappa shape index (κ2) is 11.4. The Balaban J connectivity index is 1.51. The summed E-state index contributed by atoms with van der Waals surface area (Å²) in [6, 6.07) is 20.7. The van der Waals surface area contributed by atoms with Crippen molar-refractivity contribution < 1.29 is 9.53 Å². The maximum Gasteiger partial charge on any atom is 0.250 e. The largest absolute Gasteiger partial charge is 0.497 e. The summed E-state index contributed by atoms with van der Waals surface area (Å²) in [5.41, 5.74) is 6.15. The van der Waals surface area contributed by atoms with Crippen LogP contribution in [0.2, 0.25) is 10.0 Å². The fourth-order valence-corrected chi connectivity index (χ4v) is 4.20. The van der Waals surface area contributed by atoms with Crippen LogP contribution in [0, 0.1) is 6.92 Å². The van der Waals surface area contributed by atoms with Crippen LogP contribution in [0.15, 0.2) is 77.0 Å². The van der Waals surface area contributed by atoms with Crippen LogP contribution >= 0.6 is 35.0 Å². The molecule has 10 heteroatoms. The Bertz CT molecular complexity index is 1360. The highest BCUT2D eigenvalue weighted by Gasteiger charge is 2.17. The first kappa shape index (κ1) is 24.8. The minimum Gasteiger partial charge on any atom is -0.497 e. The van der Waals surface area contributed by atoms with E-state index in [4.69, 9.17) is 27.9 Å². The zero-order chi connectivity index (χ0) is 24.8. The quantitative estimate of drug-likeness (QED) is 0.178. The number of aromatic nitrogens is 3. The molecular weight excluding hydrogens is 505 g/mol. The molecule has 1 aromatic heterocycles. The Kier molecular flexibility index (Phi) is 8.07. The monoisotopic (exact) mass is 525 g/mol. The lowest BCUT2D eigenvalue weighted by atomic mass is 10.1. The number of carbonyl (C=O) groups is 1. The van der Waals surface area contributed by atoms with Crippen molar-refractivity contribution in [1.29, 1.82) is 0 Å². The molecule has 1 N–H and O–H groups in total. The molecule has 1 heterocycles. The van der Waals surface area contributed by atoms with E-state index < -0.39 is 0 Å². The Labute approximate surface area is 217 Å². The molecule has 0 fully saturated rings. The maximum absolute atomic E-state index is 12.4. The summed E-state index contributed by atoms with van der Waals surface area (Å²) in [7, 11) is 1.62. The molecule has 7 nitrogen and oxygen atoms in total. The molecule has 1 amide bonds. The van der Waals surface area contributed by atoms with Crippen molar-refractivity contribution in [2.45, 2.75) is 12.1 Å². The molecule has 0 spiro atoms. The number of nitrogens with zero attached hydrogens (tertiary/aromatic N) is 4. The summed E-state index contributed by atoms with van der Waals surface area (Å²) in [6.07, 6.45) is 1.50. The number of hydrazone groups is 1. The lowest BCUT2D eigenvalue weighted by molar-refractivity contribution is -0.118. The van der Waals surface area contributed by atoms with Crippen molar-refractivity contribution in [3.05, 3.63) is 87.9 Å². The first-order chi connectivity index (χ1) is 16.9. The standard InChI is InChI=1S/C25H21Cl2N5O2S/c1-16-3-6-18(7-4-16)24-30-31-25(32(24)19-8-10-20(34-2)11-9-19)35-15-23(33)29-28-14-17-5-12-21(26)22(27)13-17/h3-14H,15H2,1-2H3,(H,29,33). The van der Waals surface area contributed by atoms with Crippen LogP contribution in [0.5, 0.6) is 5.75 Å². The number of hydrogen-bond acceptors (Lipinski definition) is 6. The van der Waals surface area contributed by atoms with Gasteiger partial charge in [-0.1, -0.05) is 70.9 Å². The van der Waals surface area contributed by atoms with Gasteiger partial charge in [-0.15, -0.1) is 10.2 Å². The third kappa shape index (κ3) is 6.22. The first-order valence-electron chi connectivity index (χ1n) is 10.5. The van der Waals surface area contributed by atoms with Crippen molar-refractivity contribution in [2.75, 3.05) is 12.9 Å². The number of ether oxygens (including phenoxy) is 1.